The molecule has 0 atom stereocenters. The van der Waals surface area contributed by atoms with Gasteiger partial charge in [0, 0.05) is 12.0 Å². The summed E-state index contributed by atoms with van der Waals surface area (Å²) in [6.07, 6.45) is 5.60. The quantitative estimate of drug-likeness (QED) is 0.736. The zero-order chi connectivity index (χ0) is 10.1. The van der Waals surface area contributed by atoms with Gasteiger partial charge in [0.25, 0.3) is 0 Å². The number of hydrogen-bond acceptors (Lipinski definition) is 1. The van der Waals surface area contributed by atoms with Crippen molar-refractivity contribution in [3.8, 4) is 0 Å². The summed E-state index contributed by atoms with van der Waals surface area (Å²) in [6, 6.07) is 11.1. The van der Waals surface area contributed by atoms with Crippen LogP contribution < -0.4 is 5.32 Å². The van der Waals surface area contributed by atoms with E-state index in [1.165, 1.54) is 38.8 Å². The van der Waals surface area contributed by atoms with Crippen molar-refractivity contribution in [1.29, 1.82) is 0 Å². The summed E-state index contributed by atoms with van der Waals surface area (Å²) in [5.41, 5.74) is 2.01. The molecule has 3 fully saturated rings. The third-order valence-corrected chi connectivity index (χ3v) is 4.34. The molecule has 2 heterocycles. The zero-order valence-corrected chi connectivity index (χ0v) is 9.21. The second-order valence-corrected chi connectivity index (χ2v) is 5.22. The Labute approximate surface area is 91.9 Å². The highest BCUT2D eigenvalue weighted by Crippen LogP contribution is 2.42. The molecule has 1 saturated carbocycles. The molecule has 2 saturated heterocycles. The number of nitrogens with one attached hydrogen (secondary N) is 1. The van der Waals surface area contributed by atoms with Crippen LogP contribution in [0.4, 0.5) is 0 Å². The van der Waals surface area contributed by atoms with Gasteiger partial charge in [0.05, 0.1) is 0 Å². The highest BCUT2D eigenvalue weighted by molar-refractivity contribution is 5.27. The van der Waals surface area contributed by atoms with E-state index in [4.69, 9.17) is 0 Å². The van der Waals surface area contributed by atoms with E-state index in [0.717, 1.165) is 5.92 Å². The minimum atomic E-state index is 0.453. The first kappa shape index (κ1) is 9.41. The van der Waals surface area contributed by atoms with E-state index >= 15 is 0 Å². The van der Waals surface area contributed by atoms with Gasteiger partial charge in [-0.25, -0.2) is 0 Å². The number of hydrogen-bond donors (Lipinski definition) is 1. The summed E-state index contributed by atoms with van der Waals surface area (Å²) in [5.74, 6) is 0.948. The molecular formula is C14H19N. The molecule has 2 aliphatic heterocycles. The summed E-state index contributed by atoms with van der Waals surface area (Å²) in [5, 5.41) is 3.65. The normalized spacial score (nSPS) is 35.1. The van der Waals surface area contributed by atoms with Crippen molar-refractivity contribution in [3.05, 3.63) is 35.9 Å². The van der Waals surface area contributed by atoms with Crippen LogP contribution in [0.25, 0.3) is 0 Å². The molecule has 3 aliphatic rings. The van der Waals surface area contributed by atoms with Crippen LogP contribution in [-0.4, -0.2) is 13.1 Å². The van der Waals surface area contributed by atoms with Crippen molar-refractivity contribution < 1.29 is 0 Å². The van der Waals surface area contributed by atoms with Gasteiger partial charge in [0.1, 0.15) is 0 Å². The van der Waals surface area contributed by atoms with E-state index in [1.54, 1.807) is 5.56 Å². The van der Waals surface area contributed by atoms with Gasteiger partial charge in [0.2, 0.25) is 0 Å². The fraction of sp³-hybridized carbons (Fsp3) is 0.571. The van der Waals surface area contributed by atoms with E-state index < -0.39 is 0 Å². The largest absolute Gasteiger partial charge is 0.316 e. The molecule has 0 amide bonds. The molecule has 1 N–H and O–H groups in total. The van der Waals surface area contributed by atoms with E-state index in [1.807, 2.05) is 0 Å². The van der Waals surface area contributed by atoms with Crippen molar-refractivity contribution >= 4 is 0 Å². The summed E-state index contributed by atoms with van der Waals surface area (Å²) < 4.78 is 0. The Balaban J connectivity index is 1.95. The Kier molecular flexibility index (Phi) is 2.28. The van der Waals surface area contributed by atoms with Crippen molar-refractivity contribution in [2.24, 2.45) is 5.92 Å². The van der Waals surface area contributed by atoms with Gasteiger partial charge in [-0.3, -0.25) is 0 Å². The van der Waals surface area contributed by atoms with Crippen LogP contribution in [0.3, 0.4) is 0 Å². The topological polar surface area (TPSA) is 12.0 Å². The molecule has 4 rings (SSSR count). The van der Waals surface area contributed by atoms with Gasteiger partial charge in [-0.05, 0) is 43.7 Å². The molecule has 1 aromatic rings. The maximum absolute atomic E-state index is 3.65. The predicted molar refractivity (Wildman–Crippen MR) is 62.9 cm³/mol. The Bertz CT molecular complexity index is 317. The number of rotatable bonds is 1. The van der Waals surface area contributed by atoms with E-state index in [9.17, 15) is 0 Å². The SMILES string of the molecule is c1ccc(C23CCC(CC2)CNC3)cc1. The molecule has 80 valence electrons. The van der Waals surface area contributed by atoms with Crippen LogP contribution in [0, 0.1) is 5.92 Å². The second kappa shape index (κ2) is 3.64. The van der Waals surface area contributed by atoms with Gasteiger partial charge >= 0.3 is 0 Å². The van der Waals surface area contributed by atoms with Crippen LogP contribution in [-0.2, 0) is 5.41 Å². The fourth-order valence-electron chi connectivity index (χ4n) is 3.31. The van der Waals surface area contributed by atoms with Crippen LogP contribution in [0.1, 0.15) is 31.2 Å². The van der Waals surface area contributed by atoms with Crippen LogP contribution in [0.2, 0.25) is 0 Å². The van der Waals surface area contributed by atoms with Gasteiger partial charge in [0.15, 0.2) is 0 Å². The summed E-state index contributed by atoms with van der Waals surface area (Å²) in [7, 11) is 0. The Morgan fingerprint density at radius 1 is 1.07 bits per heavy atom. The Morgan fingerprint density at radius 3 is 2.53 bits per heavy atom. The standard InChI is InChI=1S/C14H19N/c1-2-4-13(5-3-1)14-8-6-12(7-9-14)10-15-11-14/h1-5,12,15H,6-11H2. The minimum absolute atomic E-state index is 0.453. The second-order valence-electron chi connectivity index (χ2n) is 5.22. The third kappa shape index (κ3) is 1.59. The van der Waals surface area contributed by atoms with Gasteiger partial charge in [-0.1, -0.05) is 30.3 Å². The van der Waals surface area contributed by atoms with Crippen molar-refractivity contribution in [2.75, 3.05) is 13.1 Å². The molecule has 2 bridgehead atoms. The zero-order valence-electron chi connectivity index (χ0n) is 9.21. The van der Waals surface area contributed by atoms with Crippen LogP contribution in [0.5, 0.6) is 0 Å². The highest BCUT2D eigenvalue weighted by atomic mass is 14.9. The molecule has 0 aromatic heterocycles. The monoisotopic (exact) mass is 201 g/mol. The molecule has 1 aliphatic carbocycles. The first-order valence-corrected chi connectivity index (χ1v) is 6.15. The molecule has 1 heteroatoms. The van der Waals surface area contributed by atoms with Crippen LogP contribution >= 0.6 is 0 Å². The Hall–Kier alpha value is -0.820. The summed E-state index contributed by atoms with van der Waals surface area (Å²) in [6.45, 7) is 2.43. The first-order chi connectivity index (χ1) is 7.39. The third-order valence-electron chi connectivity index (χ3n) is 4.34. The average molecular weight is 201 g/mol. The fourth-order valence-corrected chi connectivity index (χ4v) is 3.31. The lowest BCUT2D eigenvalue weighted by Gasteiger charge is -2.36. The summed E-state index contributed by atoms with van der Waals surface area (Å²) in [4.78, 5) is 0. The van der Waals surface area contributed by atoms with E-state index in [2.05, 4.69) is 35.6 Å². The molecule has 1 aromatic carbocycles. The van der Waals surface area contributed by atoms with Crippen molar-refractivity contribution in [1.82, 2.24) is 5.32 Å². The number of benzene rings is 1. The van der Waals surface area contributed by atoms with E-state index in [0.29, 0.717) is 5.41 Å². The minimum Gasteiger partial charge on any atom is -0.316 e. The van der Waals surface area contributed by atoms with Crippen LogP contribution in [0.15, 0.2) is 30.3 Å². The average Bonchev–Trinajstić information content (AvgIpc) is 2.65. The highest BCUT2D eigenvalue weighted by Gasteiger charge is 2.38. The number of fused-ring (bicyclic) bond motifs is 4. The summed E-state index contributed by atoms with van der Waals surface area (Å²) >= 11 is 0. The molecule has 1 nitrogen and oxygen atoms in total. The maximum Gasteiger partial charge on any atom is 0.00780 e. The maximum atomic E-state index is 3.65. The lowest BCUT2D eigenvalue weighted by Crippen LogP contribution is -2.35. The van der Waals surface area contributed by atoms with Gasteiger partial charge < -0.3 is 5.32 Å². The van der Waals surface area contributed by atoms with Gasteiger partial charge in [-0.15, -0.1) is 0 Å². The van der Waals surface area contributed by atoms with Gasteiger partial charge in [-0.2, -0.15) is 0 Å². The molecular weight excluding hydrogens is 182 g/mol. The Morgan fingerprint density at radius 2 is 1.80 bits per heavy atom. The molecule has 0 spiro atoms. The van der Waals surface area contributed by atoms with E-state index in [-0.39, 0.29) is 0 Å². The smallest absolute Gasteiger partial charge is 0.00780 e. The first-order valence-electron chi connectivity index (χ1n) is 6.15. The molecule has 15 heavy (non-hydrogen) atoms. The lowest BCUT2D eigenvalue weighted by molar-refractivity contribution is 0.276. The molecule has 0 unspecified atom stereocenters. The predicted octanol–water partition coefficient (Wildman–Crippen LogP) is 2.72. The van der Waals surface area contributed by atoms with Crippen molar-refractivity contribution in [3.63, 3.8) is 0 Å². The lowest BCUT2D eigenvalue weighted by atomic mass is 9.68. The molecule has 0 radical (unpaired) electrons. The van der Waals surface area contributed by atoms with Crippen molar-refractivity contribution in [2.45, 2.75) is 31.1 Å².